The van der Waals surface area contributed by atoms with Crippen LogP contribution in [0.1, 0.15) is 31.9 Å². The molecule has 0 saturated heterocycles. The predicted molar refractivity (Wildman–Crippen MR) is 87.5 cm³/mol. The van der Waals surface area contributed by atoms with Gasteiger partial charge in [0, 0.05) is 5.57 Å². The summed E-state index contributed by atoms with van der Waals surface area (Å²) < 4.78 is 10.1. The van der Waals surface area contributed by atoms with Gasteiger partial charge >= 0.3 is 11.9 Å². The Bertz CT molecular complexity index is 727. The third-order valence-corrected chi connectivity index (χ3v) is 4.54. The average molecular weight is 327 g/mol. The van der Waals surface area contributed by atoms with E-state index in [4.69, 9.17) is 10.00 Å². The van der Waals surface area contributed by atoms with Crippen molar-refractivity contribution in [2.75, 3.05) is 7.11 Å². The zero-order chi connectivity index (χ0) is 17.9. The summed E-state index contributed by atoms with van der Waals surface area (Å²) in [5.41, 5.74) is 1.55. The van der Waals surface area contributed by atoms with Crippen LogP contribution in [-0.2, 0) is 25.7 Å². The molecule has 5 nitrogen and oxygen atoms in total. The molecule has 2 rings (SSSR count). The van der Waals surface area contributed by atoms with Crippen molar-refractivity contribution in [3.05, 3.63) is 47.0 Å². The lowest BCUT2D eigenvalue weighted by Crippen LogP contribution is -2.10. The fourth-order valence-electron chi connectivity index (χ4n) is 2.91. The minimum Gasteiger partial charge on any atom is -0.466 e. The molecule has 0 bridgehead atoms. The van der Waals surface area contributed by atoms with Crippen molar-refractivity contribution in [1.82, 2.24) is 0 Å². The Hall–Kier alpha value is -2.61. The average Bonchev–Trinajstić information content (AvgIpc) is 3.12. The standard InChI is InChI=1S/C19H21NO4/c1-12(17(21)23-4)8-15-16(19(15,2)3)18(22)24-11-14-7-5-6-13(9-14)10-20/h5-9,15-16H,11H2,1-4H3/b12-8+. The van der Waals surface area contributed by atoms with Gasteiger partial charge in [-0.15, -0.1) is 0 Å². The molecule has 2 atom stereocenters. The Labute approximate surface area is 141 Å². The van der Waals surface area contributed by atoms with Crippen LogP contribution in [0.25, 0.3) is 0 Å². The number of ether oxygens (including phenoxy) is 2. The van der Waals surface area contributed by atoms with Crippen molar-refractivity contribution >= 4 is 11.9 Å². The quantitative estimate of drug-likeness (QED) is 0.614. The van der Waals surface area contributed by atoms with E-state index in [1.165, 1.54) is 7.11 Å². The summed E-state index contributed by atoms with van der Waals surface area (Å²) >= 11 is 0. The van der Waals surface area contributed by atoms with E-state index in [1.807, 2.05) is 19.9 Å². The maximum atomic E-state index is 12.3. The van der Waals surface area contributed by atoms with Gasteiger partial charge in [0.1, 0.15) is 6.61 Å². The van der Waals surface area contributed by atoms with Crippen molar-refractivity contribution in [1.29, 1.82) is 5.26 Å². The maximum Gasteiger partial charge on any atom is 0.333 e. The van der Waals surface area contributed by atoms with Crippen molar-refractivity contribution in [3.63, 3.8) is 0 Å². The van der Waals surface area contributed by atoms with E-state index in [2.05, 4.69) is 10.8 Å². The van der Waals surface area contributed by atoms with Crippen molar-refractivity contribution in [2.45, 2.75) is 27.4 Å². The van der Waals surface area contributed by atoms with Gasteiger partial charge in [0.25, 0.3) is 0 Å². The second kappa shape index (κ2) is 6.88. The van der Waals surface area contributed by atoms with Gasteiger partial charge in [-0.25, -0.2) is 4.79 Å². The number of methoxy groups -OCH3 is 1. The molecule has 1 saturated carbocycles. The molecule has 0 amide bonds. The summed E-state index contributed by atoms with van der Waals surface area (Å²) in [5.74, 6) is -1.01. The Balaban J connectivity index is 2.00. The molecule has 0 N–H and O–H groups in total. The number of allylic oxidation sites excluding steroid dienone is 1. The molecule has 1 aliphatic carbocycles. The van der Waals surface area contributed by atoms with Crippen molar-refractivity contribution in [2.24, 2.45) is 17.3 Å². The summed E-state index contributed by atoms with van der Waals surface area (Å²) in [4.78, 5) is 23.8. The lowest BCUT2D eigenvalue weighted by Gasteiger charge is -2.06. The minimum atomic E-state index is -0.391. The molecule has 1 aromatic rings. The molecule has 0 radical (unpaired) electrons. The fraction of sp³-hybridized carbons (Fsp3) is 0.421. The third kappa shape index (κ3) is 3.65. The van der Waals surface area contributed by atoms with Crippen LogP contribution in [0.4, 0.5) is 0 Å². The number of carbonyl (C=O) groups excluding carboxylic acids is 2. The number of esters is 2. The molecule has 0 heterocycles. The van der Waals surface area contributed by atoms with E-state index in [-0.39, 0.29) is 29.8 Å². The second-order valence-corrected chi connectivity index (χ2v) is 6.59. The highest BCUT2D eigenvalue weighted by Gasteiger charge is 2.61. The second-order valence-electron chi connectivity index (χ2n) is 6.59. The first-order chi connectivity index (χ1) is 11.3. The van der Waals surface area contributed by atoms with Gasteiger partial charge in [-0.2, -0.15) is 5.26 Å². The summed E-state index contributed by atoms with van der Waals surface area (Å²) in [6, 6.07) is 9.02. The highest BCUT2D eigenvalue weighted by Crippen LogP contribution is 2.59. The first-order valence-corrected chi connectivity index (χ1v) is 7.73. The van der Waals surface area contributed by atoms with E-state index in [0.29, 0.717) is 11.1 Å². The monoisotopic (exact) mass is 327 g/mol. The highest BCUT2D eigenvalue weighted by atomic mass is 16.5. The summed E-state index contributed by atoms with van der Waals surface area (Å²) in [6.45, 7) is 5.76. The van der Waals surface area contributed by atoms with Gasteiger partial charge in [-0.05, 0) is 36.0 Å². The zero-order valence-electron chi connectivity index (χ0n) is 14.3. The fourth-order valence-corrected chi connectivity index (χ4v) is 2.91. The Morgan fingerprint density at radius 3 is 2.71 bits per heavy atom. The lowest BCUT2D eigenvalue weighted by atomic mass is 10.1. The van der Waals surface area contributed by atoms with Gasteiger partial charge in [-0.3, -0.25) is 4.79 Å². The van der Waals surface area contributed by atoms with Gasteiger partial charge in [0.05, 0.1) is 24.7 Å². The van der Waals surface area contributed by atoms with Crippen LogP contribution in [0.2, 0.25) is 0 Å². The van der Waals surface area contributed by atoms with Crippen LogP contribution >= 0.6 is 0 Å². The van der Waals surface area contributed by atoms with Crippen LogP contribution in [0, 0.1) is 28.6 Å². The molecule has 1 fully saturated rings. The Morgan fingerprint density at radius 2 is 2.08 bits per heavy atom. The third-order valence-electron chi connectivity index (χ3n) is 4.54. The first-order valence-electron chi connectivity index (χ1n) is 7.73. The molecule has 1 aromatic carbocycles. The summed E-state index contributed by atoms with van der Waals surface area (Å²) in [6.07, 6.45) is 1.79. The topological polar surface area (TPSA) is 76.4 Å². The number of rotatable bonds is 5. The lowest BCUT2D eigenvalue weighted by molar-refractivity contribution is -0.147. The van der Waals surface area contributed by atoms with E-state index in [0.717, 1.165) is 5.56 Å². The smallest absolute Gasteiger partial charge is 0.333 e. The number of nitriles is 1. The molecule has 24 heavy (non-hydrogen) atoms. The molecule has 126 valence electrons. The van der Waals surface area contributed by atoms with Crippen LogP contribution in [0.3, 0.4) is 0 Å². The number of nitrogens with zero attached hydrogens (tertiary/aromatic N) is 1. The van der Waals surface area contributed by atoms with Crippen molar-refractivity contribution < 1.29 is 19.1 Å². The van der Waals surface area contributed by atoms with E-state index in [9.17, 15) is 9.59 Å². The minimum absolute atomic E-state index is 0.0467. The van der Waals surface area contributed by atoms with Crippen LogP contribution in [-0.4, -0.2) is 19.0 Å². The van der Waals surface area contributed by atoms with E-state index in [1.54, 1.807) is 31.2 Å². The first kappa shape index (κ1) is 17.7. The Morgan fingerprint density at radius 1 is 1.38 bits per heavy atom. The zero-order valence-corrected chi connectivity index (χ0v) is 14.3. The van der Waals surface area contributed by atoms with Crippen LogP contribution in [0.5, 0.6) is 0 Å². The van der Waals surface area contributed by atoms with E-state index < -0.39 is 5.97 Å². The maximum absolute atomic E-state index is 12.3. The van der Waals surface area contributed by atoms with Crippen LogP contribution in [0.15, 0.2) is 35.9 Å². The normalized spacial score (nSPS) is 21.5. The molecule has 1 aliphatic rings. The molecule has 2 unspecified atom stereocenters. The van der Waals surface area contributed by atoms with Gasteiger partial charge in [0.15, 0.2) is 0 Å². The largest absolute Gasteiger partial charge is 0.466 e. The predicted octanol–water partition coefficient (Wildman–Crippen LogP) is 2.99. The van der Waals surface area contributed by atoms with Gasteiger partial charge in [-0.1, -0.05) is 32.1 Å². The number of hydrogen-bond donors (Lipinski definition) is 0. The van der Waals surface area contributed by atoms with Gasteiger partial charge < -0.3 is 9.47 Å². The van der Waals surface area contributed by atoms with Crippen LogP contribution < -0.4 is 0 Å². The van der Waals surface area contributed by atoms with Crippen molar-refractivity contribution in [3.8, 4) is 6.07 Å². The molecule has 5 heteroatoms. The SMILES string of the molecule is COC(=O)/C(C)=C/C1C(C(=O)OCc2cccc(C#N)c2)C1(C)C. The molecular weight excluding hydrogens is 306 g/mol. The molecule has 0 aromatic heterocycles. The molecule has 0 aliphatic heterocycles. The molecule has 0 spiro atoms. The van der Waals surface area contributed by atoms with E-state index >= 15 is 0 Å². The number of carbonyl (C=O) groups is 2. The Kier molecular flexibility index (Phi) is 5.08. The number of hydrogen-bond acceptors (Lipinski definition) is 5. The van der Waals surface area contributed by atoms with Gasteiger partial charge in [0.2, 0.25) is 0 Å². The highest BCUT2D eigenvalue weighted by molar-refractivity contribution is 5.88. The number of benzene rings is 1. The summed E-state index contributed by atoms with van der Waals surface area (Å²) in [5, 5.41) is 8.89. The summed E-state index contributed by atoms with van der Waals surface area (Å²) in [7, 11) is 1.33. The molecular formula is C19H21NO4.